The predicted molar refractivity (Wildman–Crippen MR) is 296 cm³/mol. The summed E-state index contributed by atoms with van der Waals surface area (Å²) < 4.78 is 9.92. The fraction of sp³-hybridized carbons (Fsp3) is 0.130. The average Bonchev–Trinajstić information content (AvgIpc) is 3.91. The van der Waals surface area contributed by atoms with Crippen LogP contribution in [0.1, 0.15) is 49.9 Å². The van der Waals surface area contributed by atoms with Gasteiger partial charge in [-0.05, 0) is 147 Å². The predicted octanol–water partition coefficient (Wildman–Crippen LogP) is 17.1. The highest BCUT2D eigenvalue weighted by Gasteiger charge is 2.61. The van der Waals surface area contributed by atoms with Gasteiger partial charge in [-0.2, -0.15) is 0 Å². The molecule has 344 valence electrons. The van der Waals surface area contributed by atoms with Gasteiger partial charge in [-0.3, -0.25) is 0 Å². The van der Waals surface area contributed by atoms with E-state index in [1.165, 1.54) is 99.8 Å². The maximum absolute atomic E-state index is 7.51. The molecule has 1 aromatic heterocycles. The molecule has 9 aromatic carbocycles. The second kappa shape index (κ2) is 14.8. The monoisotopic (exact) mass is 924 g/mol. The number of hydrogen-bond donors (Lipinski definition) is 0. The number of rotatable bonds is 5. The molecule has 3 aliphatic carbocycles. The van der Waals surface area contributed by atoms with E-state index in [4.69, 9.17) is 4.74 Å². The molecule has 3 nitrogen and oxygen atoms in total. The molecule has 2 aliphatic heterocycles. The van der Waals surface area contributed by atoms with Crippen LogP contribution in [0.3, 0.4) is 0 Å². The Labute approximate surface area is 421 Å². The number of hydrogen-bond acceptors (Lipinski definition) is 2. The number of para-hydroxylation sites is 3. The molecule has 0 N–H and O–H groups in total. The minimum Gasteiger partial charge on any atom is -0.461 e. The second-order valence-corrected chi connectivity index (χ2v) is 21.1. The third-order valence-corrected chi connectivity index (χ3v) is 17.5. The third-order valence-electron chi connectivity index (χ3n) is 17.5. The number of allylic oxidation sites excluding steroid dienone is 3. The van der Waals surface area contributed by atoms with Crippen molar-refractivity contribution in [3.05, 3.63) is 275 Å². The van der Waals surface area contributed by atoms with E-state index < -0.39 is 11.0 Å². The molecule has 15 rings (SSSR count). The Balaban J connectivity index is 1.01. The summed E-state index contributed by atoms with van der Waals surface area (Å²) in [5, 5.41) is 2.50. The molecule has 0 radical (unpaired) electrons. The molecule has 4 bridgehead atoms. The molecule has 0 fully saturated rings. The maximum atomic E-state index is 7.51. The minimum atomic E-state index is -0.640. The van der Waals surface area contributed by atoms with Gasteiger partial charge in [0.05, 0.1) is 22.0 Å². The molecule has 10 aromatic rings. The van der Waals surface area contributed by atoms with Crippen molar-refractivity contribution >= 4 is 33.2 Å². The smallest absolute Gasteiger partial charge is 0.131 e. The molecule has 5 unspecified atom stereocenters. The topological polar surface area (TPSA) is 17.4 Å². The number of nitrogens with zero attached hydrogens (tertiary/aromatic N) is 2. The first-order valence-electron chi connectivity index (χ1n) is 25.6. The zero-order valence-electron chi connectivity index (χ0n) is 40.9. The van der Waals surface area contributed by atoms with Gasteiger partial charge < -0.3 is 14.2 Å². The number of aromatic nitrogens is 1. The Hall–Kier alpha value is -8.40. The first-order valence-corrected chi connectivity index (χ1v) is 25.6. The number of fused-ring (bicyclic) bond motifs is 7. The number of ether oxygens (including phenoxy) is 1. The van der Waals surface area contributed by atoms with Crippen LogP contribution < -0.4 is 9.64 Å². The lowest BCUT2D eigenvalue weighted by Crippen LogP contribution is -2.53. The summed E-state index contributed by atoms with van der Waals surface area (Å²) in [4.78, 5) is 2.65. The first-order chi connectivity index (χ1) is 35.3. The zero-order chi connectivity index (χ0) is 48.1. The highest BCUT2D eigenvalue weighted by Crippen LogP contribution is 2.69. The fourth-order valence-electron chi connectivity index (χ4n) is 14.5. The van der Waals surface area contributed by atoms with E-state index in [-0.39, 0.29) is 17.3 Å². The van der Waals surface area contributed by atoms with Crippen molar-refractivity contribution in [2.75, 3.05) is 4.90 Å². The summed E-state index contributed by atoms with van der Waals surface area (Å²) in [6.45, 7) is 9.85. The van der Waals surface area contributed by atoms with Crippen molar-refractivity contribution in [2.24, 2.45) is 11.8 Å². The van der Waals surface area contributed by atoms with Gasteiger partial charge in [0.1, 0.15) is 11.5 Å². The lowest BCUT2D eigenvalue weighted by atomic mass is 9.52. The maximum Gasteiger partial charge on any atom is 0.131 e. The normalized spacial score (nSPS) is 23.1. The Kier molecular flexibility index (Phi) is 8.52. The number of anilines is 2. The van der Waals surface area contributed by atoms with Crippen LogP contribution in [0.25, 0.3) is 60.9 Å². The van der Waals surface area contributed by atoms with Crippen molar-refractivity contribution in [1.82, 2.24) is 4.57 Å². The van der Waals surface area contributed by atoms with Gasteiger partial charge >= 0.3 is 0 Å². The molecular weight excluding hydrogens is 873 g/mol. The second-order valence-electron chi connectivity index (χ2n) is 21.1. The number of benzene rings is 9. The summed E-state index contributed by atoms with van der Waals surface area (Å²) in [5.41, 5.74) is 21.1. The van der Waals surface area contributed by atoms with E-state index in [2.05, 4.69) is 268 Å². The largest absolute Gasteiger partial charge is 0.461 e. The summed E-state index contributed by atoms with van der Waals surface area (Å²) in [7, 11) is 0. The van der Waals surface area contributed by atoms with Crippen molar-refractivity contribution in [3.8, 4) is 44.8 Å². The highest BCUT2D eigenvalue weighted by molar-refractivity contribution is 6.10. The van der Waals surface area contributed by atoms with Crippen LogP contribution in [-0.2, 0) is 10.8 Å². The molecule has 3 heteroatoms. The Morgan fingerprint density at radius 3 is 1.81 bits per heavy atom. The summed E-state index contributed by atoms with van der Waals surface area (Å²) in [5.74, 6) is 1.97. The molecular formula is C69H52N2O. The third kappa shape index (κ3) is 5.35. The molecule has 72 heavy (non-hydrogen) atoms. The van der Waals surface area contributed by atoms with Crippen LogP contribution in [0.2, 0.25) is 0 Å². The summed E-state index contributed by atoms with van der Waals surface area (Å²) in [6.07, 6.45) is 5.06. The molecule has 5 atom stereocenters. The van der Waals surface area contributed by atoms with Gasteiger partial charge in [-0.1, -0.05) is 178 Å². The van der Waals surface area contributed by atoms with Gasteiger partial charge in [0.25, 0.3) is 0 Å². The summed E-state index contributed by atoms with van der Waals surface area (Å²) >= 11 is 0. The van der Waals surface area contributed by atoms with Crippen molar-refractivity contribution in [1.29, 1.82) is 0 Å². The first kappa shape index (κ1) is 41.4. The van der Waals surface area contributed by atoms with E-state index in [9.17, 15) is 0 Å². The van der Waals surface area contributed by atoms with Crippen LogP contribution >= 0.6 is 0 Å². The van der Waals surface area contributed by atoms with E-state index in [1.54, 1.807) is 0 Å². The molecule has 5 aliphatic rings. The summed E-state index contributed by atoms with van der Waals surface area (Å²) in [6, 6.07) is 81.5. The van der Waals surface area contributed by atoms with Gasteiger partial charge in [-0.25, -0.2) is 0 Å². The van der Waals surface area contributed by atoms with Gasteiger partial charge in [0.15, 0.2) is 0 Å². The SMILES string of the molecule is CC1C2=C3C(C)C4=C1C(C)(c1ccccc1)C=CC4(C)N(c1ccc(-c4ccccc4)cc1)c1ccc4c(c1)C3(c1ccccc1O2)c1cc(-c2ccc3c(c2)c2ccccc2n3-c2ccccc2)ccc1-4. The zero-order valence-corrected chi connectivity index (χ0v) is 40.9. The van der Waals surface area contributed by atoms with Crippen molar-refractivity contribution in [3.63, 3.8) is 0 Å². The van der Waals surface area contributed by atoms with E-state index in [0.29, 0.717) is 0 Å². The Morgan fingerprint density at radius 2 is 1.01 bits per heavy atom. The highest BCUT2D eigenvalue weighted by atomic mass is 16.5. The standard InChI is InChI=1S/C69H52N2O/c1-43-64-63-44(2)66-65(43)69(57-25-15-17-27-62(57)72-66)58-41-48(47-31-37-61-56(40-47)55-24-14-16-26-60(55)70(61)50-22-12-7-13-23-50)30-35-53(58)54-36-34-52(42-59(54)69)71(51-32-28-46(29-33-51)45-18-8-5-9-19-45)68(64,4)39-38-67(63,3)49-20-10-6-11-21-49/h5-44H,1-4H3. The van der Waals surface area contributed by atoms with Crippen LogP contribution in [0.4, 0.5) is 11.4 Å². The lowest BCUT2D eigenvalue weighted by Gasteiger charge is -2.56. The molecule has 0 amide bonds. The Morgan fingerprint density at radius 1 is 0.417 bits per heavy atom. The van der Waals surface area contributed by atoms with E-state index >= 15 is 0 Å². The van der Waals surface area contributed by atoms with E-state index in [1.807, 2.05) is 0 Å². The minimum absolute atomic E-state index is 0.0131. The van der Waals surface area contributed by atoms with E-state index in [0.717, 1.165) is 22.9 Å². The Bertz CT molecular complexity index is 4010. The lowest BCUT2D eigenvalue weighted by molar-refractivity contribution is 0.296. The van der Waals surface area contributed by atoms with Gasteiger partial charge in [0, 0.05) is 50.6 Å². The molecule has 0 saturated carbocycles. The quantitative estimate of drug-likeness (QED) is 0.160. The van der Waals surface area contributed by atoms with Gasteiger partial charge in [-0.15, -0.1) is 0 Å². The molecule has 1 spiro atoms. The molecule has 3 heterocycles. The van der Waals surface area contributed by atoms with Crippen LogP contribution in [0, 0.1) is 11.8 Å². The van der Waals surface area contributed by atoms with Crippen molar-refractivity contribution < 1.29 is 4.74 Å². The van der Waals surface area contributed by atoms with Crippen LogP contribution in [-0.4, -0.2) is 10.1 Å². The fourth-order valence-corrected chi connectivity index (χ4v) is 14.5. The van der Waals surface area contributed by atoms with Crippen LogP contribution in [0.15, 0.2) is 253 Å². The average molecular weight is 925 g/mol. The van der Waals surface area contributed by atoms with Crippen molar-refractivity contribution in [2.45, 2.75) is 44.1 Å². The van der Waals surface area contributed by atoms with Crippen LogP contribution in [0.5, 0.6) is 5.75 Å². The molecule has 0 saturated heterocycles. The van der Waals surface area contributed by atoms with Gasteiger partial charge in [0.2, 0.25) is 0 Å².